The molecule has 1 aliphatic heterocycles. The molecule has 15 heavy (non-hydrogen) atoms. The van der Waals surface area contributed by atoms with E-state index >= 15 is 0 Å². The Balaban J connectivity index is 1.76. The third-order valence-corrected chi connectivity index (χ3v) is 4.34. The predicted molar refractivity (Wildman–Crippen MR) is 66.1 cm³/mol. The SMILES string of the molecule is CCCC1CCCN1CC1CCCCC1. The summed E-state index contributed by atoms with van der Waals surface area (Å²) in [6, 6.07) is 0.942. The van der Waals surface area contributed by atoms with E-state index in [4.69, 9.17) is 0 Å². The molecule has 0 radical (unpaired) electrons. The first-order valence-corrected chi connectivity index (χ1v) is 7.14. The minimum absolute atomic E-state index is 0.942. The van der Waals surface area contributed by atoms with Crippen molar-refractivity contribution in [3.05, 3.63) is 0 Å². The topological polar surface area (TPSA) is 3.24 Å². The van der Waals surface area contributed by atoms with Crippen molar-refractivity contribution in [1.82, 2.24) is 4.90 Å². The van der Waals surface area contributed by atoms with Gasteiger partial charge in [-0.1, -0.05) is 32.6 Å². The number of rotatable bonds is 4. The Morgan fingerprint density at radius 2 is 1.80 bits per heavy atom. The van der Waals surface area contributed by atoms with Crippen LogP contribution in [0.15, 0.2) is 0 Å². The van der Waals surface area contributed by atoms with Gasteiger partial charge in [-0.05, 0) is 44.6 Å². The molecule has 1 heteroatoms. The maximum atomic E-state index is 2.81. The molecule has 0 aromatic rings. The van der Waals surface area contributed by atoms with Gasteiger partial charge < -0.3 is 4.90 Å². The monoisotopic (exact) mass is 209 g/mol. The van der Waals surface area contributed by atoms with Crippen LogP contribution in [0, 0.1) is 5.92 Å². The summed E-state index contributed by atoms with van der Waals surface area (Å²) in [4.78, 5) is 2.81. The molecule has 1 unspecified atom stereocenters. The lowest BCUT2D eigenvalue weighted by Crippen LogP contribution is -2.34. The molecule has 0 aromatic heterocycles. The summed E-state index contributed by atoms with van der Waals surface area (Å²) in [5.74, 6) is 1.04. The van der Waals surface area contributed by atoms with Crippen LogP contribution >= 0.6 is 0 Å². The van der Waals surface area contributed by atoms with E-state index in [1.54, 1.807) is 0 Å². The first-order valence-electron chi connectivity index (χ1n) is 7.14. The maximum Gasteiger partial charge on any atom is 0.00957 e. The maximum absolute atomic E-state index is 2.81. The van der Waals surface area contributed by atoms with Crippen LogP contribution < -0.4 is 0 Å². The fourth-order valence-electron chi connectivity index (χ4n) is 3.50. The first kappa shape index (κ1) is 11.4. The number of nitrogens with zero attached hydrogens (tertiary/aromatic N) is 1. The van der Waals surface area contributed by atoms with E-state index in [0.29, 0.717) is 0 Å². The van der Waals surface area contributed by atoms with Gasteiger partial charge in [-0.25, -0.2) is 0 Å². The van der Waals surface area contributed by atoms with Crippen LogP contribution in [0.25, 0.3) is 0 Å². The highest BCUT2D eigenvalue weighted by molar-refractivity contribution is 4.81. The highest BCUT2D eigenvalue weighted by Crippen LogP contribution is 2.28. The first-order chi connectivity index (χ1) is 7.40. The van der Waals surface area contributed by atoms with Crippen molar-refractivity contribution in [1.29, 1.82) is 0 Å². The smallest absolute Gasteiger partial charge is 0.00957 e. The molecular formula is C14H27N. The van der Waals surface area contributed by atoms with Crippen LogP contribution in [0.1, 0.15) is 64.7 Å². The van der Waals surface area contributed by atoms with Gasteiger partial charge in [0.1, 0.15) is 0 Å². The third kappa shape index (κ3) is 3.21. The molecule has 0 N–H and O–H groups in total. The zero-order valence-electron chi connectivity index (χ0n) is 10.4. The van der Waals surface area contributed by atoms with Gasteiger partial charge in [0.15, 0.2) is 0 Å². The quantitative estimate of drug-likeness (QED) is 0.680. The summed E-state index contributed by atoms with van der Waals surface area (Å²) in [6.07, 6.45) is 13.2. The zero-order chi connectivity index (χ0) is 10.5. The van der Waals surface area contributed by atoms with E-state index in [2.05, 4.69) is 11.8 Å². The van der Waals surface area contributed by atoms with Crippen LogP contribution in [-0.2, 0) is 0 Å². The lowest BCUT2D eigenvalue weighted by Gasteiger charge is -2.30. The van der Waals surface area contributed by atoms with E-state index in [9.17, 15) is 0 Å². The normalized spacial score (nSPS) is 29.8. The molecule has 1 aliphatic carbocycles. The molecule has 1 atom stereocenters. The van der Waals surface area contributed by atoms with Crippen LogP contribution in [-0.4, -0.2) is 24.0 Å². The van der Waals surface area contributed by atoms with Crippen molar-refractivity contribution in [2.24, 2.45) is 5.92 Å². The van der Waals surface area contributed by atoms with Gasteiger partial charge in [0.2, 0.25) is 0 Å². The van der Waals surface area contributed by atoms with Gasteiger partial charge in [0.25, 0.3) is 0 Å². The second-order valence-electron chi connectivity index (χ2n) is 5.58. The highest BCUT2D eigenvalue weighted by atomic mass is 15.2. The lowest BCUT2D eigenvalue weighted by molar-refractivity contribution is 0.181. The molecule has 2 fully saturated rings. The Morgan fingerprint density at radius 1 is 1.00 bits per heavy atom. The van der Waals surface area contributed by atoms with Gasteiger partial charge in [-0.15, -0.1) is 0 Å². The van der Waals surface area contributed by atoms with E-state index < -0.39 is 0 Å². The van der Waals surface area contributed by atoms with Gasteiger partial charge in [0, 0.05) is 12.6 Å². The summed E-state index contributed by atoms with van der Waals surface area (Å²) in [6.45, 7) is 5.14. The van der Waals surface area contributed by atoms with Crippen molar-refractivity contribution in [3.8, 4) is 0 Å². The number of hydrogen-bond donors (Lipinski definition) is 0. The Morgan fingerprint density at radius 3 is 2.53 bits per heavy atom. The second-order valence-corrected chi connectivity index (χ2v) is 5.58. The third-order valence-electron chi connectivity index (χ3n) is 4.34. The Labute approximate surface area is 95.2 Å². The summed E-state index contributed by atoms with van der Waals surface area (Å²) in [5.41, 5.74) is 0. The second kappa shape index (κ2) is 5.89. The van der Waals surface area contributed by atoms with Gasteiger partial charge in [-0.3, -0.25) is 0 Å². The predicted octanol–water partition coefficient (Wildman–Crippen LogP) is 3.83. The van der Waals surface area contributed by atoms with Crippen LogP contribution in [0.4, 0.5) is 0 Å². The fraction of sp³-hybridized carbons (Fsp3) is 1.00. The van der Waals surface area contributed by atoms with E-state index in [1.165, 1.54) is 70.9 Å². The summed E-state index contributed by atoms with van der Waals surface area (Å²) >= 11 is 0. The van der Waals surface area contributed by atoms with Crippen molar-refractivity contribution in [2.45, 2.75) is 70.8 Å². The molecule has 0 amide bonds. The molecule has 2 aliphatic rings. The minimum atomic E-state index is 0.942. The summed E-state index contributed by atoms with van der Waals surface area (Å²) < 4.78 is 0. The Bertz CT molecular complexity index is 172. The van der Waals surface area contributed by atoms with Crippen molar-refractivity contribution >= 4 is 0 Å². The van der Waals surface area contributed by atoms with Gasteiger partial charge in [-0.2, -0.15) is 0 Å². The Kier molecular flexibility index (Phi) is 4.49. The minimum Gasteiger partial charge on any atom is -0.300 e. The van der Waals surface area contributed by atoms with Crippen LogP contribution in [0.3, 0.4) is 0 Å². The van der Waals surface area contributed by atoms with E-state index in [-0.39, 0.29) is 0 Å². The molecule has 1 saturated carbocycles. The van der Waals surface area contributed by atoms with Crippen molar-refractivity contribution < 1.29 is 0 Å². The molecule has 88 valence electrons. The van der Waals surface area contributed by atoms with Gasteiger partial charge >= 0.3 is 0 Å². The molecule has 0 bridgehead atoms. The molecule has 1 saturated heterocycles. The molecule has 0 aromatic carbocycles. The Hall–Kier alpha value is -0.0400. The van der Waals surface area contributed by atoms with E-state index in [1.807, 2.05) is 0 Å². The van der Waals surface area contributed by atoms with Crippen molar-refractivity contribution in [3.63, 3.8) is 0 Å². The van der Waals surface area contributed by atoms with Gasteiger partial charge in [0.05, 0.1) is 0 Å². The standard InChI is InChI=1S/C14H27N/c1-2-7-14-10-6-11-15(14)12-13-8-4-3-5-9-13/h13-14H,2-12H2,1H3. The summed E-state index contributed by atoms with van der Waals surface area (Å²) in [7, 11) is 0. The highest BCUT2D eigenvalue weighted by Gasteiger charge is 2.26. The lowest BCUT2D eigenvalue weighted by atomic mass is 9.88. The zero-order valence-corrected chi connectivity index (χ0v) is 10.4. The van der Waals surface area contributed by atoms with E-state index in [0.717, 1.165) is 12.0 Å². The average molecular weight is 209 g/mol. The van der Waals surface area contributed by atoms with Crippen molar-refractivity contribution in [2.75, 3.05) is 13.1 Å². The molecule has 1 heterocycles. The molecule has 0 spiro atoms. The largest absolute Gasteiger partial charge is 0.300 e. The molecule has 2 rings (SSSR count). The van der Waals surface area contributed by atoms with Crippen LogP contribution in [0.2, 0.25) is 0 Å². The average Bonchev–Trinajstić information content (AvgIpc) is 2.68. The van der Waals surface area contributed by atoms with Crippen LogP contribution in [0.5, 0.6) is 0 Å². The fourth-order valence-corrected chi connectivity index (χ4v) is 3.50. The number of likely N-dealkylation sites (tertiary alicyclic amines) is 1. The number of hydrogen-bond acceptors (Lipinski definition) is 1. The molecular weight excluding hydrogens is 182 g/mol. The summed E-state index contributed by atoms with van der Waals surface area (Å²) in [5, 5.41) is 0. The molecule has 1 nitrogen and oxygen atoms in total.